The van der Waals surface area contributed by atoms with Crippen molar-refractivity contribution >= 4 is 18.2 Å². The highest BCUT2D eigenvalue weighted by molar-refractivity contribution is 7.86. The molecule has 182 valence electrons. The molecule has 2 rings (SSSR count). The van der Waals surface area contributed by atoms with Gasteiger partial charge in [-0.3, -0.25) is 0 Å². The van der Waals surface area contributed by atoms with Gasteiger partial charge in [-0.25, -0.2) is 4.18 Å². The minimum absolute atomic E-state index is 0.0871. The minimum Gasteiger partial charge on any atom is -0.497 e. The number of hydrogen-bond acceptors (Lipinski definition) is 5. The lowest BCUT2D eigenvalue weighted by atomic mass is 10.2. The van der Waals surface area contributed by atoms with Gasteiger partial charge in [0.15, 0.2) is 0 Å². The molecule has 1 aromatic heterocycles. The highest BCUT2D eigenvalue weighted by Crippen LogP contribution is 2.40. The number of hydrogen-bond donors (Lipinski definition) is 0. The van der Waals surface area contributed by atoms with Gasteiger partial charge >= 0.3 is 0 Å². The normalized spacial score (nSPS) is 13.3. The van der Waals surface area contributed by atoms with Crippen LogP contribution < -0.4 is 4.74 Å². The number of rotatable bonds is 10. The number of aryl methyl sites for hydroxylation is 2. The Balaban J connectivity index is 2.39. The first kappa shape index (κ1) is 27.2. The Kier molecular flexibility index (Phi) is 9.42. The van der Waals surface area contributed by atoms with Gasteiger partial charge in [-0.05, 0) is 66.4 Å². The minimum atomic E-state index is -3.99. The second kappa shape index (κ2) is 11.4. The van der Waals surface area contributed by atoms with E-state index in [-0.39, 0.29) is 4.90 Å². The average molecular weight is 491 g/mol. The summed E-state index contributed by atoms with van der Waals surface area (Å²) in [6, 6.07) is 10.0. The maximum atomic E-state index is 13.0. The lowest BCUT2D eigenvalue weighted by molar-refractivity contribution is 0.250. The monoisotopic (exact) mass is 490 g/mol. The molecular formula is C26H38O5SSi. The third-order valence-electron chi connectivity index (χ3n) is 6.36. The van der Waals surface area contributed by atoms with Crippen LogP contribution in [-0.2, 0) is 20.7 Å². The van der Waals surface area contributed by atoms with Crippen LogP contribution in [0.3, 0.4) is 0 Å². The van der Waals surface area contributed by atoms with E-state index in [0.29, 0.717) is 35.2 Å². The fraction of sp³-hybridized carbons (Fsp3) is 0.538. The first-order chi connectivity index (χ1) is 15.4. The predicted molar refractivity (Wildman–Crippen MR) is 136 cm³/mol. The van der Waals surface area contributed by atoms with Gasteiger partial charge in [-0.15, -0.1) is 5.54 Å². The van der Waals surface area contributed by atoms with Crippen LogP contribution in [0.25, 0.3) is 0 Å². The number of benzene rings is 1. The van der Waals surface area contributed by atoms with Crippen molar-refractivity contribution in [1.29, 1.82) is 0 Å². The van der Waals surface area contributed by atoms with Crippen molar-refractivity contribution in [2.75, 3.05) is 7.11 Å². The molecule has 1 heterocycles. The fourth-order valence-electron chi connectivity index (χ4n) is 4.63. The van der Waals surface area contributed by atoms with E-state index >= 15 is 0 Å². The Labute approximate surface area is 201 Å². The largest absolute Gasteiger partial charge is 0.497 e. The smallest absolute Gasteiger partial charge is 0.298 e. The van der Waals surface area contributed by atoms with E-state index in [1.807, 2.05) is 19.1 Å². The van der Waals surface area contributed by atoms with E-state index in [1.165, 1.54) is 19.2 Å². The van der Waals surface area contributed by atoms with Crippen molar-refractivity contribution in [3.05, 3.63) is 47.9 Å². The third-order valence-corrected chi connectivity index (χ3v) is 14.0. The van der Waals surface area contributed by atoms with Gasteiger partial charge in [0, 0.05) is 6.42 Å². The van der Waals surface area contributed by atoms with E-state index in [4.69, 9.17) is 13.3 Å². The van der Waals surface area contributed by atoms with Gasteiger partial charge in [0.2, 0.25) is 0 Å². The molecule has 0 saturated heterocycles. The lowest BCUT2D eigenvalue weighted by Gasteiger charge is -2.38. The second-order valence-corrected chi connectivity index (χ2v) is 16.6. The molecule has 0 fully saturated rings. The molecule has 0 bridgehead atoms. The number of methoxy groups -OCH3 is 1. The SMILES string of the molecule is COc1ccc(S(=O)(=O)OC(C#C[Si](C(C)C)(C(C)C)C(C)C)CCc2ccc(C)o2)cc1. The Morgan fingerprint density at radius 2 is 1.52 bits per heavy atom. The van der Waals surface area contributed by atoms with Crippen molar-refractivity contribution in [2.45, 2.75) is 88.9 Å². The Hall–Kier alpha value is -2.01. The molecule has 5 nitrogen and oxygen atoms in total. The fourth-order valence-corrected chi connectivity index (χ4v) is 10.9. The van der Waals surface area contributed by atoms with Gasteiger partial charge in [0.25, 0.3) is 10.1 Å². The molecule has 2 aromatic rings. The van der Waals surface area contributed by atoms with E-state index < -0.39 is 24.3 Å². The topological polar surface area (TPSA) is 65.7 Å². The zero-order valence-corrected chi connectivity index (χ0v) is 23.0. The van der Waals surface area contributed by atoms with Crippen LogP contribution >= 0.6 is 0 Å². The van der Waals surface area contributed by atoms with Gasteiger partial charge in [-0.1, -0.05) is 47.5 Å². The van der Waals surface area contributed by atoms with Gasteiger partial charge < -0.3 is 9.15 Å². The molecule has 1 unspecified atom stereocenters. The van der Waals surface area contributed by atoms with Crippen LogP contribution in [0.4, 0.5) is 0 Å². The Bertz CT molecular complexity index is 1030. The van der Waals surface area contributed by atoms with E-state index in [2.05, 4.69) is 53.0 Å². The summed E-state index contributed by atoms with van der Waals surface area (Å²) in [6.45, 7) is 15.3. The molecule has 7 heteroatoms. The van der Waals surface area contributed by atoms with Crippen LogP contribution in [0.2, 0.25) is 16.6 Å². The molecule has 0 N–H and O–H groups in total. The Morgan fingerprint density at radius 3 is 1.97 bits per heavy atom. The summed E-state index contributed by atoms with van der Waals surface area (Å²) in [5.41, 5.74) is 4.94. The maximum absolute atomic E-state index is 13.0. The molecule has 33 heavy (non-hydrogen) atoms. The molecule has 0 saturated carbocycles. The van der Waals surface area contributed by atoms with E-state index in [9.17, 15) is 8.42 Å². The van der Waals surface area contributed by atoms with E-state index in [1.54, 1.807) is 12.1 Å². The lowest BCUT2D eigenvalue weighted by Crippen LogP contribution is -2.43. The van der Waals surface area contributed by atoms with Crippen LogP contribution in [0.1, 0.15) is 59.5 Å². The highest BCUT2D eigenvalue weighted by Gasteiger charge is 2.42. The highest BCUT2D eigenvalue weighted by atomic mass is 32.2. The second-order valence-electron chi connectivity index (χ2n) is 9.43. The summed E-state index contributed by atoms with van der Waals surface area (Å²) in [4.78, 5) is 0.0871. The zero-order chi connectivity index (χ0) is 24.8. The van der Waals surface area contributed by atoms with Crippen LogP contribution in [0, 0.1) is 18.4 Å². The molecule has 0 radical (unpaired) electrons. The van der Waals surface area contributed by atoms with Crippen LogP contribution in [0.15, 0.2) is 45.7 Å². The molecular weight excluding hydrogens is 452 g/mol. The molecule has 0 aliphatic heterocycles. The van der Waals surface area contributed by atoms with Crippen molar-refractivity contribution in [2.24, 2.45) is 0 Å². The van der Waals surface area contributed by atoms with Crippen molar-refractivity contribution in [3.63, 3.8) is 0 Å². The van der Waals surface area contributed by atoms with E-state index in [0.717, 1.165) is 11.5 Å². The summed E-state index contributed by atoms with van der Waals surface area (Å²) in [7, 11) is -4.48. The van der Waals surface area contributed by atoms with Gasteiger partial charge in [0.1, 0.15) is 31.4 Å². The third kappa shape index (κ3) is 6.75. The van der Waals surface area contributed by atoms with Crippen molar-refractivity contribution < 1.29 is 21.8 Å². The molecule has 0 spiro atoms. The average Bonchev–Trinajstić information content (AvgIpc) is 3.16. The molecule has 0 aliphatic rings. The molecule has 1 aromatic carbocycles. The van der Waals surface area contributed by atoms with Gasteiger partial charge in [-0.2, -0.15) is 8.42 Å². The van der Waals surface area contributed by atoms with Crippen LogP contribution in [0.5, 0.6) is 5.75 Å². The zero-order valence-electron chi connectivity index (χ0n) is 21.1. The van der Waals surface area contributed by atoms with Gasteiger partial charge in [0.05, 0.1) is 12.0 Å². The first-order valence-corrected chi connectivity index (χ1v) is 15.2. The Morgan fingerprint density at radius 1 is 0.939 bits per heavy atom. The molecule has 0 amide bonds. The summed E-state index contributed by atoms with van der Waals surface area (Å²) in [6.07, 6.45) is 0.213. The molecule has 0 aliphatic carbocycles. The summed E-state index contributed by atoms with van der Waals surface area (Å²) in [5, 5.41) is 0. The number of furan rings is 1. The van der Waals surface area contributed by atoms with Crippen molar-refractivity contribution in [1.82, 2.24) is 0 Å². The summed E-state index contributed by atoms with van der Waals surface area (Å²) < 4.78 is 42.6. The number of ether oxygens (including phenoxy) is 1. The first-order valence-electron chi connectivity index (χ1n) is 11.6. The maximum Gasteiger partial charge on any atom is 0.298 e. The summed E-state index contributed by atoms with van der Waals surface area (Å²) >= 11 is 0. The molecule has 1 atom stereocenters. The quantitative estimate of drug-likeness (QED) is 0.215. The summed E-state index contributed by atoms with van der Waals surface area (Å²) in [5.74, 6) is 5.48. The standard InChI is InChI=1S/C26H38O5SSi/c1-19(2)33(20(3)4,21(5)6)18-17-25(12-11-24-10-9-22(7)30-24)31-32(27,28)26-15-13-23(29-8)14-16-26/h9-10,13-16,19-21,25H,11-12H2,1-8H3. The van der Waals surface area contributed by atoms with Crippen molar-refractivity contribution in [3.8, 4) is 17.2 Å². The predicted octanol–water partition coefficient (Wildman–Crippen LogP) is 6.52. The van der Waals surface area contributed by atoms with Crippen LogP contribution in [-0.4, -0.2) is 29.7 Å².